The van der Waals surface area contributed by atoms with Crippen molar-refractivity contribution in [3.63, 3.8) is 0 Å². The molecular formula is C12H15IN2O3S. The zero-order valence-electron chi connectivity index (χ0n) is 10.5. The lowest BCUT2D eigenvalue weighted by atomic mass is 10.2. The van der Waals surface area contributed by atoms with E-state index in [-0.39, 0.29) is 5.91 Å². The van der Waals surface area contributed by atoms with Gasteiger partial charge in [0.05, 0.1) is 6.26 Å². The Morgan fingerprint density at radius 2 is 1.63 bits per heavy atom. The van der Waals surface area contributed by atoms with Crippen molar-refractivity contribution in [1.82, 2.24) is 9.21 Å². The molecule has 7 heteroatoms. The van der Waals surface area contributed by atoms with Crippen LogP contribution in [0.4, 0.5) is 0 Å². The van der Waals surface area contributed by atoms with E-state index in [9.17, 15) is 13.2 Å². The number of amides is 1. The van der Waals surface area contributed by atoms with Crippen LogP contribution in [0.1, 0.15) is 10.4 Å². The Labute approximate surface area is 126 Å². The quantitative estimate of drug-likeness (QED) is 0.704. The van der Waals surface area contributed by atoms with Gasteiger partial charge in [0.25, 0.3) is 5.91 Å². The maximum Gasteiger partial charge on any atom is 0.253 e. The number of rotatable bonds is 2. The largest absolute Gasteiger partial charge is 0.336 e. The fourth-order valence-corrected chi connectivity index (χ4v) is 3.18. The Hall–Kier alpha value is -0.670. The van der Waals surface area contributed by atoms with E-state index >= 15 is 0 Å². The van der Waals surface area contributed by atoms with Gasteiger partial charge < -0.3 is 4.90 Å². The molecule has 1 fully saturated rings. The molecule has 1 saturated heterocycles. The third kappa shape index (κ3) is 3.67. The third-order valence-electron chi connectivity index (χ3n) is 3.09. The Kier molecular flexibility index (Phi) is 4.46. The van der Waals surface area contributed by atoms with Gasteiger partial charge in [-0.15, -0.1) is 0 Å². The standard InChI is InChI=1S/C12H15IN2O3S/c1-19(17,18)15-8-6-14(7-9-15)12(16)10-2-4-11(13)5-3-10/h2-5H,6-9H2,1H3. The molecule has 0 unspecified atom stereocenters. The van der Waals surface area contributed by atoms with Crippen LogP contribution in [0.3, 0.4) is 0 Å². The van der Waals surface area contributed by atoms with Crippen LogP contribution in [0.2, 0.25) is 0 Å². The van der Waals surface area contributed by atoms with Gasteiger partial charge in [0.1, 0.15) is 0 Å². The molecule has 0 aromatic heterocycles. The molecule has 0 spiro atoms. The molecule has 0 saturated carbocycles. The summed E-state index contributed by atoms with van der Waals surface area (Å²) in [5.41, 5.74) is 0.647. The Morgan fingerprint density at radius 3 is 2.11 bits per heavy atom. The summed E-state index contributed by atoms with van der Waals surface area (Å²) in [7, 11) is -3.15. The third-order valence-corrected chi connectivity index (χ3v) is 5.11. The van der Waals surface area contributed by atoms with Crippen molar-refractivity contribution >= 4 is 38.5 Å². The minimum atomic E-state index is -3.15. The number of piperazine rings is 1. The molecular weight excluding hydrogens is 379 g/mol. The Bertz CT molecular complexity index is 563. The van der Waals surface area contributed by atoms with Crippen LogP contribution < -0.4 is 0 Å². The highest BCUT2D eigenvalue weighted by Crippen LogP contribution is 2.12. The highest BCUT2D eigenvalue weighted by molar-refractivity contribution is 14.1. The van der Waals surface area contributed by atoms with E-state index in [4.69, 9.17) is 0 Å². The molecule has 1 aromatic rings. The molecule has 1 aliphatic rings. The minimum absolute atomic E-state index is 0.0375. The fraction of sp³-hybridized carbons (Fsp3) is 0.417. The van der Waals surface area contributed by atoms with Gasteiger partial charge in [0.15, 0.2) is 0 Å². The number of hydrogen-bond donors (Lipinski definition) is 0. The highest BCUT2D eigenvalue weighted by Gasteiger charge is 2.26. The SMILES string of the molecule is CS(=O)(=O)N1CCN(C(=O)c2ccc(I)cc2)CC1. The zero-order valence-corrected chi connectivity index (χ0v) is 13.5. The van der Waals surface area contributed by atoms with Crippen molar-refractivity contribution in [1.29, 1.82) is 0 Å². The molecule has 1 aromatic carbocycles. The van der Waals surface area contributed by atoms with E-state index in [0.29, 0.717) is 31.7 Å². The van der Waals surface area contributed by atoms with Gasteiger partial charge in [-0.05, 0) is 46.9 Å². The number of carbonyl (C=O) groups excluding carboxylic acids is 1. The summed E-state index contributed by atoms with van der Waals surface area (Å²) in [6.45, 7) is 1.62. The Balaban J connectivity index is 2.02. The lowest BCUT2D eigenvalue weighted by molar-refractivity contribution is 0.0698. The predicted octanol–water partition coefficient (Wildman–Crippen LogP) is 1.01. The van der Waals surface area contributed by atoms with Gasteiger partial charge in [0, 0.05) is 35.3 Å². The molecule has 19 heavy (non-hydrogen) atoms. The average Bonchev–Trinajstić information content (AvgIpc) is 2.38. The fourth-order valence-electron chi connectivity index (χ4n) is 2.00. The van der Waals surface area contributed by atoms with Crippen molar-refractivity contribution in [2.75, 3.05) is 32.4 Å². The first-order valence-corrected chi connectivity index (χ1v) is 8.80. The summed E-state index contributed by atoms with van der Waals surface area (Å²) >= 11 is 2.19. The molecule has 0 radical (unpaired) electrons. The molecule has 0 N–H and O–H groups in total. The first kappa shape index (κ1) is 14.7. The molecule has 0 atom stereocenters. The van der Waals surface area contributed by atoms with Crippen LogP contribution in [-0.4, -0.2) is 56.0 Å². The number of hydrogen-bond acceptors (Lipinski definition) is 3. The average molecular weight is 394 g/mol. The summed E-state index contributed by atoms with van der Waals surface area (Å²) in [6, 6.07) is 7.38. The first-order valence-electron chi connectivity index (χ1n) is 5.88. The van der Waals surface area contributed by atoms with Gasteiger partial charge in [-0.3, -0.25) is 4.79 Å². The van der Waals surface area contributed by atoms with Crippen molar-refractivity contribution in [3.05, 3.63) is 33.4 Å². The predicted molar refractivity (Wildman–Crippen MR) is 81.5 cm³/mol. The first-order chi connectivity index (χ1) is 8.88. The number of sulfonamides is 1. The maximum atomic E-state index is 12.2. The smallest absolute Gasteiger partial charge is 0.253 e. The minimum Gasteiger partial charge on any atom is -0.336 e. The van der Waals surface area contributed by atoms with Crippen molar-refractivity contribution in [2.24, 2.45) is 0 Å². The molecule has 5 nitrogen and oxygen atoms in total. The molecule has 2 rings (SSSR count). The second-order valence-corrected chi connectivity index (χ2v) is 7.69. The van der Waals surface area contributed by atoms with Gasteiger partial charge in [-0.25, -0.2) is 8.42 Å². The summed E-state index contributed by atoms with van der Waals surface area (Å²) < 4.78 is 25.3. The van der Waals surface area contributed by atoms with Crippen LogP contribution in [-0.2, 0) is 10.0 Å². The second kappa shape index (κ2) is 5.76. The van der Waals surface area contributed by atoms with Crippen LogP contribution in [0.25, 0.3) is 0 Å². The summed E-state index contributed by atoms with van der Waals surface area (Å²) in [5.74, 6) is -0.0375. The number of carbonyl (C=O) groups is 1. The van der Waals surface area contributed by atoms with E-state index in [2.05, 4.69) is 22.6 Å². The van der Waals surface area contributed by atoms with Crippen LogP contribution in [0, 0.1) is 3.57 Å². The van der Waals surface area contributed by atoms with E-state index in [1.165, 1.54) is 10.6 Å². The topological polar surface area (TPSA) is 57.7 Å². The molecule has 1 heterocycles. The van der Waals surface area contributed by atoms with Crippen molar-refractivity contribution < 1.29 is 13.2 Å². The van der Waals surface area contributed by atoms with E-state index < -0.39 is 10.0 Å². The Morgan fingerprint density at radius 1 is 1.11 bits per heavy atom. The molecule has 0 bridgehead atoms. The van der Waals surface area contributed by atoms with Crippen molar-refractivity contribution in [3.8, 4) is 0 Å². The molecule has 0 aliphatic carbocycles. The summed E-state index contributed by atoms with van der Waals surface area (Å²) in [5, 5.41) is 0. The number of halogens is 1. The van der Waals surface area contributed by atoms with Crippen molar-refractivity contribution in [2.45, 2.75) is 0 Å². The maximum absolute atomic E-state index is 12.2. The molecule has 1 amide bonds. The van der Waals surface area contributed by atoms with E-state index in [1.54, 1.807) is 17.0 Å². The van der Waals surface area contributed by atoms with Gasteiger partial charge in [0.2, 0.25) is 10.0 Å². The lowest BCUT2D eigenvalue weighted by Gasteiger charge is -2.33. The normalized spacial score (nSPS) is 17.5. The van der Waals surface area contributed by atoms with E-state index in [0.717, 1.165) is 3.57 Å². The molecule has 104 valence electrons. The van der Waals surface area contributed by atoms with Gasteiger partial charge in [-0.2, -0.15) is 4.31 Å². The second-order valence-electron chi connectivity index (χ2n) is 4.46. The van der Waals surface area contributed by atoms with E-state index in [1.807, 2.05) is 12.1 Å². The summed E-state index contributed by atoms with van der Waals surface area (Å²) in [4.78, 5) is 13.9. The lowest BCUT2D eigenvalue weighted by Crippen LogP contribution is -2.50. The monoisotopic (exact) mass is 394 g/mol. The van der Waals surface area contributed by atoms with Crippen LogP contribution in [0.5, 0.6) is 0 Å². The van der Waals surface area contributed by atoms with Gasteiger partial charge in [-0.1, -0.05) is 0 Å². The molecule has 1 aliphatic heterocycles. The van der Waals surface area contributed by atoms with Gasteiger partial charge >= 0.3 is 0 Å². The highest BCUT2D eigenvalue weighted by atomic mass is 127. The van der Waals surface area contributed by atoms with Crippen LogP contribution >= 0.6 is 22.6 Å². The van der Waals surface area contributed by atoms with Crippen LogP contribution in [0.15, 0.2) is 24.3 Å². The zero-order chi connectivity index (χ0) is 14.0. The number of benzene rings is 1. The number of nitrogens with zero attached hydrogens (tertiary/aromatic N) is 2. The summed E-state index contributed by atoms with van der Waals surface area (Å²) in [6.07, 6.45) is 1.20.